The van der Waals surface area contributed by atoms with Crippen molar-refractivity contribution in [3.63, 3.8) is 0 Å². The summed E-state index contributed by atoms with van der Waals surface area (Å²) >= 11 is 0. The first-order valence-corrected chi connectivity index (χ1v) is 11.1. The van der Waals surface area contributed by atoms with Crippen molar-refractivity contribution in [1.29, 1.82) is 0 Å². The van der Waals surface area contributed by atoms with Crippen LogP contribution in [-0.2, 0) is 4.79 Å². The van der Waals surface area contributed by atoms with Gasteiger partial charge in [-0.2, -0.15) is 0 Å². The van der Waals surface area contributed by atoms with Crippen molar-refractivity contribution in [2.75, 3.05) is 37.4 Å². The summed E-state index contributed by atoms with van der Waals surface area (Å²) in [7, 11) is 1.62. The van der Waals surface area contributed by atoms with Gasteiger partial charge in [0, 0.05) is 6.54 Å². The predicted octanol–water partition coefficient (Wildman–Crippen LogP) is 4.17. The number of methoxy groups -OCH3 is 1. The van der Waals surface area contributed by atoms with Gasteiger partial charge in [-0.15, -0.1) is 0 Å². The fourth-order valence-electron chi connectivity index (χ4n) is 4.21. The molecule has 7 nitrogen and oxygen atoms in total. The predicted molar refractivity (Wildman–Crippen MR) is 128 cm³/mol. The lowest BCUT2D eigenvalue weighted by molar-refractivity contribution is -0.134. The molecule has 2 N–H and O–H groups in total. The summed E-state index contributed by atoms with van der Waals surface area (Å²) in [5.41, 5.74) is 1.35. The highest BCUT2D eigenvalue weighted by Crippen LogP contribution is 2.37. The van der Waals surface area contributed by atoms with Gasteiger partial charge in [-0.05, 0) is 70.0 Å². The largest absolute Gasteiger partial charge is 0.497 e. The van der Waals surface area contributed by atoms with E-state index < -0.39 is 5.54 Å². The molecule has 0 aliphatic carbocycles. The number of fused-ring (bicyclic) bond motifs is 1. The van der Waals surface area contributed by atoms with E-state index in [1.165, 1.54) is 0 Å². The zero-order valence-corrected chi connectivity index (χ0v) is 19.3. The Morgan fingerprint density at radius 1 is 1.09 bits per heavy atom. The minimum atomic E-state index is -0.449. The summed E-state index contributed by atoms with van der Waals surface area (Å²) in [6, 6.07) is 15.4. The lowest BCUT2D eigenvalue weighted by atomic mass is 9.84. The van der Waals surface area contributed by atoms with Crippen LogP contribution in [0.1, 0.15) is 33.6 Å². The summed E-state index contributed by atoms with van der Waals surface area (Å²) in [5, 5.41) is 7.26. The molecule has 0 aromatic heterocycles. The molecule has 1 spiro atoms. The van der Waals surface area contributed by atoms with E-state index in [1.54, 1.807) is 19.2 Å². The first-order chi connectivity index (χ1) is 15.3. The Bertz CT molecular complexity index is 997. The van der Waals surface area contributed by atoms with Crippen LogP contribution < -0.4 is 20.1 Å². The summed E-state index contributed by atoms with van der Waals surface area (Å²) in [6.45, 7) is 7.50. The van der Waals surface area contributed by atoms with Gasteiger partial charge in [-0.25, -0.2) is 0 Å². The van der Waals surface area contributed by atoms with Crippen LogP contribution in [0.25, 0.3) is 0 Å². The number of carbonyl (C=O) groups excluding carboxylic acids is 1. The lowest BCUT2D eigenvalue weighted by Crippen LogP contribution is -2.63. The smallest absolute Gasteiger partial charge is 0.260 e. The number of benzene rings is 2. The number of carbonyl (C=O) groups is 1. The van der Waals surface area contributed by atoms with Gasteiger partial charge in [0.1, 0.15) is 22.9 Å². The molecule has 2 heterocycles. The number of nitrogens with one attached hydrogen (secondary N) is 2. The van der Waals surface area contributed by atoms with Gasteiger partial charge in [-0.3, -0.25) is 9.79 Å². The first-order valence-electron chi connectivity index (χ1n) is 11.1. The molecule has 0 radical (unpaired) electrons. The molecule has 2 aliphatic heterocycles. The molecular formula is C25H32N4O3. The van der Waals surface area contributed by atoms with E-state index in [0.29, 0.717) is 18.8 Å². The molecule has 7 heteroatoms. The van der Waals surface area contributed by atoms with Crippen molar-refractivity contribution in [2.24, 2.45) is 4.99 Å². The number of amides is 1. The van der Waals surface area contributed by atoms with E-state index in [-0.39, 0.29) is 18.1 Å². The van der Waals surface area contributed by atoms with Crippen LogP contribution in [0, 0.1) is 0 Å². The van der Waals surface area contributed by atoms with Crippen molar-refractivity contribution in [2.45, 2.75) is 44.7 Å². The molecule has 1 atom stereocenters. The Morgan fingerprint density at radius 3 is 2.47 bits per heavy atom. The highest BCUT2D eigenvalue weighted by Gasteiger charge is 2.45. The van der Waals surface area contributed by atoms with Gasteiger partial charge < -0.3 is 25.0 Å². The van der Waals surface area contributed by atoms with Gasteiger partial charge in [0.15, 0.2) is 6.61 Å². The van der Waals surface area contributed by atoms with E-state index >= 15 is 0 Å². The molecule has 2 aromatic carbocycles. The highest BCUT2D eigenvalue weighted by molar-refractivity contribution is 6.10. The Balaban J connectivity index is 1.52. The van der Waals surface area contributed by atoms with Crippen molar-refractivity contribution in [3.8, 4) is 11.5 Å². The number of likely N-dealkylation sites (tertiary alicyclic amines) is 1. The van der Waals surface area contributed by atoms with Crippen LogP contribution in [-0.4, -0.2) is 54.5 Å². The number of hydrogen-bond donors (Lipinski definition) is 2. The van der Waals surface area contributed by atoms with Gasteiger partial charge in [0.05, 0.1) is 30.6 Å². The van der Waals surface area contributed by atoms with E-state index in [0.717, 1.165) is 35.8 Å². The summed E-state index contributed by atoms with van der Waals surface area (Å²) < 4.78 is 10.9. The van der Waals surface area contributed by atoms with Gasteiger partial charge in [0.25, 0.3) is 5.91 Å². The number of nitrogens with zero attached hydrogens (tertiary/aromatic N) is 2. The van der Waals surface area contributed by atoms with Crippen molar-refractivity contribution in [1.82, 2.24) is 4.90 Å². The van der Waals surface area contributed by atoms with Crippen molar-refractivity contribution in [3.05, 3.63) is 48.5 Å². The SMILES string of the molecule is COc1ccc(OCC(=O)N2CCCC3(C2)Nc2ccccc2NC3=NC(C)(C)C)cc1. The molecule has 2 aromatic rings. The van der Waals surface area contributed by atoms with E-state index in [9.17, 15) is 4.79 Å². The monoisotopic (exact) mass is 436 g/mol. The third kappa shape index (κ3) is 4.82. The average molecular weight is 437 g/mol. The molecule has 32 heavy (non-hydrogen) atoms. The van der Waals surface area contributed by atoms with Gasteiger partial charge in [0.2, 0.25) is 0 Å². The van der Waals surface area contributed by atoms with E-state index in [4.69, 9.17) is 14.5 Å². The molecule has 2 aliphatic rings. The molecule has 170 valence electrons. The molecule has 1 fully saturated rings. The van der Waals surface area contributed by atoms with Crippen LogP contribution in [0.2, 0.25) is 0 Å². The van der Waals surface area contributed by atoms with Crippen LogP contribution >= 0.6 is 0 Å². The second-order valence-electron chi connectivity index (χ2n) is 9.39. The number of ether oxygens (including phenoxy) is 2. The number of piperidine rings is 1. The lowest BCUT2D eigenvalue weighted by Gasteiger charge is -2.47. The van der Waals surface area contributed by atoms with Crippen LogP contribution in [0.4, 0.5) is 11.4 Å². The Kier molecular flexibility index (Phi) is 6.00. The third-order valence-electron chi connectivity index (χ3n) is 5.72. The van der Waals surface area contributed by atoms with E-state index in [2.05, 4.69) is 37.5 Å². The number of aliphatic imine (C=N–C) groups is 1. The number of anilines is 2. The number of para-hydroxylation sites is 2. The molecule has 0 saturated carbocycles. The van der Waals surface area contributed by atoms with Gasteiger partial charge in [-0.1, -0.05) is 12.1 Å². The number of rotatable bonds is 4. The average Bonchev–Trinajstić information content (AvgIpc) is 2.77. The zero-order valence-electron chi connectivity index (χ0n) is 19.3. The third-order valence-corrected chi connectivity index (χ3v) is 5.72. The maximum Gasteiger partial charge on any atom is 0.260 e. The molecule has 1 amide bonds. The fourth-order valence-corrected chi connectivity index (χ4v) is 4.21. The second-order valence-corrected chi connectivity index (χ2v) is 9.39. The quantitative estimate of drug-likeness (QED) is 0.752. The second kappa shape index (κ2) is 8.73. The number of amidine groups is 1. The minimum absolute atomic E-state index is 0.00181. The fraction of sp³-hybridized carbons (Fsp3) is 0.440. The highest BCUT2D eigenvalue weighted by atomic mass is 16.5. The summed E-state index contributed by atoms with van der Waals surface area (Å²) in [5.74, 6) is 2.25. The minimum Gasteiger partial charge on any atom is -0.497 e. The molecule has 0 bridgehead atoms. The summed E-state index contributed by atoms with van der Waals surface area (Å²) in [4.78, 5) is 19.9. The molecule has 1 saturated heterocycles. The topological polar surface area (TPSA) is 75.2 Å². The van der Waals surface area contributed by atoms with E-state index in [1.807, 2.05) is 35.2 Å². The Labute approximate surface area is 189 Å². The zero-order chi connectivity index (χ0) is 22.8. The van der Waals surface area contributed by atoms with Crippen molar-refractivity contribution < 1.29 is 14.3 Å². The van der Waals surface area contributed by atoms with Gasteiger partial charge >= 0.3 is 0 Å². The van der Waals surface area contributed by atoms with Crippen LogP contribution in [0.3, 0.4) is 0 Å². The van der Waals surface area contributed by atoms with Crippen molar-refractivity contribution >= 4 is 23.1 Å². The maximum absolute atomic E-state index is 13.0. The molecular weight excluding hydrogens is 404 g/mol. The summed E-state index contributed by atoms with van der Waals surface area (Å²) in [6.07, 6.45) is 1.78. The Morgan fingerprint density at radius 2 is 1.78 bits per heavy atom. The maximum atomic E-state index is 13.0. The van der Waals surface area contributed by atoms with Crippen LogP contribution in [0.5, 0.6) is 11.5 Å². The first kappa shape index (κ1) is 22.0. The molecule has 1 unspecified atom stereocenters. The number of hydrogen-bond acceptors (Lipinski definition) is 5. The normalized spacial score (nSPS) is 21.5. The standard InChI is InChI=1S/C25H32N4O3/c1-24(2,3)28-23-25(27-21-9-6-5-8-20(21)26-23)14-7-15-29(17-25)22(30)16-32-19-12-10-18(31-4)11-13-19/h5-6,8-13,27H,7,14-17H2,1-4H3,(H,26,28). The molecule has 4 rings (SSSR count). The Hall–Kier alpha value is -3.22. The van der Waals surface area contributed by atoms with Crippen LogP contribution in [0.15, 0.2) is 53.5 Å².